The highest BCUT2D eigenvalue weighted by molar-refractivity contribution is 7.91. The molecule has 1 amide bonds. The van der Waals surface area contributed by atoms with E-state index in [-0.39, 0.29) is 23.5 Å². The highest BCUT2D eigenvalue weighted by Gasteiger charge is 2.35. The number of hydrogen-bond acceptors (Lipinski definition) is 6. The smallest absolute Gasteiger partial charge is 0.339 e. The average Bonchev–Trinajstić information content (AvgIpc) is 3.26. The van der Waals surface area contributed by atoms with Gasteiger partial charge in [-0.2, -0.15) is 0 Å². The minimum absolute atomic E-state index is 0.0442. The second-order valence-electron chi connectivity index (χ2n) is 10.2. The normalized spacial score (nSPS) is 21.3. The average molecular weight is 533 g/mol. The van der Waals surface area contributed by atoms with E-state index in [1.54, 1.807) is 6.92 Å². The first-order valence-electron chi connectivity index (χ1n) is 13.1. The third-order valence-corrected chi connectivity index (χ3v) is 9.15. The maximum atomic E-state index is 13.6. The van der Waals surface area contributed by atoms with Gasteiger partial charge >= 0.3 is 5.97 Å². The Morgan fingerprint density at radius 1 is 1.08 bits per heavy atom. The van der Waals surface area contributed by atoms with Crippen LogP contribution in [0, 0.1) is 5.92 Å². The van der Waals surface area contributed by atoms with Crippen molar-refractivity contribution in [2.75, 3.05) is 24.7 Å². The lowest BCUT2D eigenvalue weighted by Crippen LogP contribution is -2.43. The van der Waals surface area contributed by atoms with Crippen LogP contribution in [0.5, 0.6) is 0 Å². The van der Waals surface area contributed by atoms with E-state index in [1.165, 1.54) is 4.90 Å². The van der Waals surface area contributed by atoms with Crippen LogP contribution in [0.4, 0.5) is 0 Å². The van der Waals surface area contributed by atoms with Crippen molar-refractivity contribution in [1.82, 2.24) is 9.88 Å². The molecule has 7 nitrogen and oxygen atoms in total. The van der Waals surface area contributed by atoms with E-state index in [0.717, 1.165) is 28.8 Å². The number of esters is 1. The van der Waals surface area contributed by atoms with Crippen LogP contribution in [0.25, 0.3) is 22.6 Å². The molecule has 0 radical (unpaired) electrons. The first-order valence-corrected chi connectivity index (χ1v) is 14.9. The number of pyridine rings is 1. The number of nitrogens with zero attached hydrogens (tertiary/aromatic N) is 2. The number of likely N-dealkylation sites (N-methyl/N-ethyl adjacent to an activating group) is 1. The van der Waals surface area contributed by atoms with Gasteiger partial charge in [-0.1, -0.05) is 55.5 Å². The Hall–Kier alpha value is -3.52. The standard InChI is InChI=1S/C30H32N2O5S/c1-3-32(23-13-14-38(35,36)19-23)27(33)18-37-30(34)28-24-11-7-8-12-26(24)31-29-22(15-20(2)16-25(28)29)17-21-9-5-4-6-10-21/h4-12,17,20,23H,3,13-16,18-19H2,1-2H3/b22-17+/t20-,23-/m1/s1. The van der Waals surface area contributed by atoms with E-state index >= 15 is 0 Å². The van der Waals surface area contributed by atoms with Crippen molar-refractivity contribution in [3.8, 4) is 0 Å². The number of carbonyl (C=O) groups excluding carboxylic acids is 2. The molecular weight excluding hydrogens is 500 g/mol. The van der Waals surface area contributed by atoms with Gasteiger partial charge in [-0.25, -0.2) is 18.2 Å². The van der Waals surface area contributed by atoms with Gasteiger partial charge in [0.25, 0.3) is 5.91 Å². The number of fused-ring (bicyclic) bond motifs is 2. The van der Waals surface area contributed by atoms with E-state index in [1.807, 2.05) is 54.6 Å². The van der Waals surface area contributed by atoms with Crippen LogP contribution in [-0.2, 0) is 25.8 Å². The molecular formula is C30H32N2O5S. The molecule has 8 heteroatoms. The number of hydrogen-bond donors (Lipinski definition) is 0. The Labute approximate surface area is 223 Å². The highest BCUT2D eigenvalue weighted by atomic mass is 32.2. The molecule has 0 unspecified atom stereocenters. The summed E-state index contributed by atoms with van der Waals surface area (Å²) in [6.07, 6.45) is 4.06. The molecule has 0 N–H and O–H groups in total. The second-order valence-corrected chi connectivity index (χ2v) is 12.5. The summed E-state index contributed by atoms with van der Waals surface area (Å²) in [5.74, 6) is -0.608. The Morgan fingerprint density at radius 3 is 2.53 bits per heavy atom. The molecule has 198 valence electrons. The van der Waals surface area contributed by atoms with Gasteiger partial charge in [-0.15, -0.1) is 0 Å². The first-order chi connectivity index (χ1) is 18.3. The predicted octanol–water partition coefficient (Wildman–Crippen LogP) is 4.55. The number of amides is 1. The number of carbonyl (C=O) groups is 2. The summed E-state index contributed by atoms with van der Waals surface area (Å²) in [5.41, 5.74) is 4.94. The van der Waals surface area contributed by atoms with Crippen molar-refractivity contribution in [1.29, 1.82) is 0 Å². The van der Waals surface area contributed by atoms with Crippen molar-refractivity contribution in [2.24, 2.45) is 5.92 Å². The lowest BCUT2D eigenvalue weighted by atomic mass is 9.80. The topological polar surface area (TPSA) is 93.6 Å². The third kappa shape index (κ3) is 5.36. The van der Waals surface area contributed by atoms with Crippen LogP contribution >= 0.6 is 0 Å². The summed E-state index contributed by atoms with van der Waals surface area (Å²) in [6.45, 7) is 3.88. The Morgan fingerprint density at radius 2 is 1.82 bits per heavy atom. The van der Waals surface area contributed by atoms with E-state index in [2.05, 4.69) is 13.0 Å². The number of ether oxygens (including phenoxy) is 1. The molecule has 1 aliphatic carbocycles. The molecule has 1 saturated heterocycles. The zero-order valence-electron chi connectivity index (χ0n) is 21.7. The molecule has 3 aromatic rings. The molecule has 38 heavy (non-hydrogen) atoms. The number of para-hydroxylation sites is 1. The minimum atomic E-state index is -3.14. The quantitative estimate of drug-likeness (QED) is 0.433. The van der Waals surface area contributed by atoms with Gasteiger partial charge in [0.15, 0.2) is 16.4 Å². The molecule has 0 saturated carbocycles. The summed E-state index contributed by atoms with van der Waals surface area (Å²) < 4.78 is 29.5. The predicted molar refractivity (Wildman–Crippen MR) is 148 cm³/mol. The van der Waals surface area contributed by atoms with E-state index in [9.17, 15) is 18.0 Å². The molecule has 2 atom stereocenters. The van der Waals surface area contributed by atoms with E-state index in [4.69, 9.17) is 9.72 Å². The largest absolute Gasteiger partial charge is 0.452 e. The fourth-order valence-electron chi connectivity index (χ4n) is 5.66. The van der Waals surface area contributed by atoms with Gasteiger partial charge in [0.2, 0.25) is 0 Å². The minimum Gasteiger partial charge on any atom is -0.452 e. The van der Waals surface area contributed by atoms with Crippen LogP contribution < -0.4 is 0 Å². The fraction of sp³-hybridized carbons (Fsp3) is 0.367. The Balaban J connectivity index is 1.47. The third-order valence-electron chi connectivity index (χ3n) is 7.40. The van der Waals surface area contributed by atoms with Crippen molar-refractivity contribution < 1.29 is 22.7 Å². The fourth-order valence-corrected chi connectivity index (χ4v) is 7.39. The zero-order valence-corrected chi connectivity index (χ0v) is 22.5. The SMILES string of the molecule is CCN(C(=O)COC(=O)c1c2c(nc3ccccc13)/C(=C/c1ccccc1)C[C@@H](C)C2)[C@@H]1CCS(=O)(=O)C1. The molecule has 0 bridgehead atoms. The number of allylic oxidation sites excluding steroid dienone is 1. The lowest BCUT2D eigenvalue weighted by Gasteiger charge is -2.28. The molecule has 2 heterocycles. The maximum Gasteiger partial charge on any atom is 0.339 e. The summed E-state index contributed by atoms with van der Waals surface area (Å²) in [7, 11) is -3.14. The van der Waals surface area contributed by atoms with Crippen molar-refractivity contribution in [3.63, 3.8) is 0 Å². The lowest BCUT2D eigenvalue weighted by molar-refractivity contribution is -0.136. The van der Waals surface area contributed by atoms with Gasteiger partial charge in [0.1, 0.15) is 0 Å². The zero-order chi connectivity index (χ0) is 26.9. The summed E-state index contributed by atoms with van der Waals surface area (Å²) in [5, 5.41) is 0.700. The first kappa shape index (κ1) is 26.1. The molecule has 2 aromatic carbocycles. The Kier molecular flexibility index (Phi) is 7.34. The molecule has 1 aliphatic heterocycles. The molecule has 0 spiro atoms. The van der Waals surface area contributed by atoms with Crippen LogP contribution in [-0.4, -0.2) is 60.9 Å². The Bertz CT molecular complexity index is 1510. The summed E-state index contributed by atoms with van der Waals surface area (Å²) in [4.78, 5) is 33.1. The number of sulfone groups is 1. The number of aromatic nitrogens is 1. The van der Waals surface area contributed by atoms with Gasteiger partial charge in [-0.05, 0) is 60.9 Å². The van der Waals surface area contributed by atoms with Crippen LogP contribution in [0.3, 0.4) is 0 Å². The number of rotatable bonds is 6. The molecule has 1 fully saturated rings. The maximum absolute atomic E-state index is 13.6. The summed E-state index contributed by atoms with van der Waals surface area (Å²) >= 11 is 0. The van der Waals surface area contributed by atoms with E-state index < -0.39 is 22.4 Å². The second kappa shape index (κ2) is 10.7. The van der Waals surface area contributed by atoms with Gasteiger partial charge in [-0.3, -0.25) is 4.79 Å². The van der Waals surface area contributed by atoms with Crippen molar-refractivity contribution in [3.05, 3.63) is 77.0 Å². The molecule has 2 aliphatic rings. The monoisotopic (exact) mass is 532 g/mol. The van der Waals surface area contributed by atoms with Crippen LogP contribution in [0.15, 0.2) is 54.6 Å². The number of benzene rings is 2. The van der Waals surface area contributed by atoms with E-state index in [0.29, 0.717) is 41.8 Å². The van der Waals surface area contributed by atoms with Gasteiger partial charge in [0.05, 0.1) is 28.3 Å². The van der Waals surface area contributed by atoms with Gasteiger partial charge in [0, 0.05) is 18.0 Å². The van der Waals surface area contributed by atoms with Crippen molar-refractivity contribution in [2.45, 2.75) is 39.2 Å². The summed E-state index contributed by atoms with van der Waals surface area (Å²) in [6, 6.07) is 17.2. The van der Waals surface area contributed by atoms with Crippen molar-refractivity contribution >= 4 is 44.3 Å². The van der Waals surface area contributed by atoms with Gasteiger partial charge < -0.3 is 9.64 Å². The highest BCUT2D eigenvalue weighted by Crippen LogP contribution is 2.38. The van der Waals surface area contributed by atoms with Crippen LogP contribution in [0.2, 0.25) is 0 Å². The van der Waals surface area contributed by atoms with Crippen LogP contribution in [0.1, 0.15) is 53.9 Å². The molecule has 5 rings (SSSR count). The molecule has 1 aromatic heterocycles.